The van der Waals surface area contributed by atoms with Crippen molar-refractivity contribution in [2.24, 2.45) is 0 Å². The van der Waals surface area contributed by atoms with E-state index < -0.39 is 15.3 Å². The number of hydrogen-bond donors (Lipinski definition) is 1. The molecule has 0 aromatic heterocycles. The fraction of sp³-hybridized carbons (Fsp3) is 0.933. The smallest absolute Gasteiger partial charge is 0.234 e. The number of piperidine rings is 1. The topological polar surface area (TPSA) is 79.0 Å². The van der Waals surface area contributed by atoms with Crippen LogP contribution >= 0.6 is 0 Å². The van der Waals surface area contributed by atoms with Gasteiger partial charge in [-0.3, -0.25) is 9.69 Å². The van der Waals surface area contributed by atoms with E-state index in [9.17, 15) is 13.2 Å². The van der Waals surface area contributed by atoms with E-state index in [2.05, 4.69) is 5.32 Å². The Labute approximate surface area is 139 Å². The van der Waals surface area contributed by atoms with Crippen molar-refractivity contribution in [3.63, 3.8) is 0 Å². The molecule has 0 unspecified atom stereocenters. The van der Waals surface area contributed by atoms with Crippen LogP contribution in [0.1, 0.15) is 33.1 Å². The molecule has 2 atom stereocenters. The number of morpholine rings is 1. The van der Waals surface area contributed by atoms with Gasteiger partial charge in [-0.1, -0.05) is 6.92 Å². The van der Waals surface area contributed by atoms with Crippen LogP contribution in [0.4, 0.5) is 0 Å². The van der Waals surface area contributed by atoms with Gasteiger partial charge in [0.05, 0.1) is 25.0 Å². The summed E-state index contributed by atoms with van der Waals surface area (Å²) >= 11 is 0. The van der Waals surface area contributed by atoms with Crippen LogP contribution in [0.3, 0.4) is 0 Å². The molecule has 0 radical (unpaired) electrons. The van der Waals surface area contributed by atoms with Crippen molar-refractivity contribution < 1.29 is 17.9 Å². The van der Waals surface area contributed by atoms with E-state index in [1.165, 1.54) is 0 Å². The van der Waals surface area contributed by atoms with Crippen molar-refractivity contribution >= 4 is 15.9 Å². The molecule has 0 aromatic rings. The third-order valence-corrected chi connectivity index (χ3v) is 6.91. The Morgan fingerprint density at radius 3 is 2.65 bits per heavy atom. The van der Waals surface area contributed by atoms with Gasteiger partial charge in [-0.2, -0.15) is 4.31 Å². The number of amides is 1. The van der Waals surface area contributed by atoms with Crippen LogP contribution in [-0.2, 0) is 19.6 Å². The van der Waals surface area contributed by atoms with Crippen LogP contribution in [0.15, 0.2) is 0 Å². The van der Waals surface area contributed by atoms with Crippen molar-refractivity contribution in [2.75, 3.05) is 45.9 Å². The normalized spacial score (nSPS) is 25.9. The average Bonchev–Trinajstić information content (AvgIpc) is 2.55. The number of likely N-dealkylation sites (tertiary alicyclic amines) is 1. The van der Waals surface area contributed by atoms with E-state index in [4.69, 9.17) is 4.74 Å². The number of nitrogens with zero attached hydrogens (tertiary/aromatic N) is 2. The molecule has 0 bridgehead atoms. The van der Waals surface area contributed by atoms with E-state index in [0.717, 1.165) is 19.4 Å². The van der Waals surface area contributed by atoms with Crippen LogP contribution in [0, 0.1) is 0 Å². The first kappa shape index (κ1) is 18.6. The molecule has 7 nitrogen and oxygen atoms in total. The zero-order chi connectivity index (χ0) is 16.9. The molecule has 0 aliphatic carbocycles. The number of nitrogens with one attached hydrogen (secondary N) is 1. The van der Waals surface area contributed by atoms with Crippen molar-refractivity contribution in [1.29, 1.82) is 0 Å². The van der Waals surface area contributed by atoms with Crippen LogP contribution in [0.25, 0.3) is 0 Å². The van der Waals surface area contributed by atoms with Gasteiger partial charge in [-0.05, 0) is 32.7 Å². The Morgan fingerprint density at radius 1 is 1.30 bits per heavy atom. The highest BCUT2D eigenvalue weighted by atomic mass is 32.2. The summed E-state index contributed by atoms with van der Waals surface area (Å²) in [5.41, 5.74) is 0. The molecular formula is C15H29N3O4S. The maximum Gasteiger partial charge on any atom is 0.234 e. The summed E-state index contributed by atoms with van der Waals surface area (Å²) in [7, 11) is -3.30. The molecule has 2 heterocycles. The second-order valence-electron chi connectivity index (χ2n) is 6.43. The fourth-order valence-electron chi connectivity index (χ4n) is 3.04. The number of hydrogen-bond acceptors (Lipinski definition) is 5. The second kappa shape index (κ2) is 8.41. The Hall–Kier alpha value is -0.700. The van der Waals surface area contributed by atoms with Gasteiger partial charge in [-0.15, -0.1) is 0 Å². The molecular weight excluding hydrogens is 318 g/mol. The molecule has 0 saturated carbocycles. The zero-order valence-electron chi connectivity index (χ0n) is 14.2. The molecule has 23 heavy (non-hydrogen) atoms. The fourth-order valence-corrected chi connectivity index (χ4v) is 4.98. The van der Waals surface area contributed by atoms with Crippen molar-refractivity contribution in [1.82, 2.24) is 14.5 Å². The SMILES string of the molecule is CC[C@H](C)NC(=O)CN1CCC[C@@H](S(=O)(=O)N2CCOCC2)C1. The highest BCUT2D eigenvalue weighted by molar-refractivity contribution is 7.89. The number of carbonyl (C=O) groups excluding carboxylic acids is 1. The molecule has 0 aromatic carbocycles. The lowest BCUT2D eigenvalue weighted by molar-refractivity contribution is -0.123. The minimum atomic E-state index is -3.30. The minimum absolute atomic E-state index is 0.0243. The van der Waals surface area contributed by atoms with Crippen LogP contribution in [0.2, 0.25) is 0 Å². The second-order valence-corrected chi connectivity index (χ2v) is 8.65. The number of sulfonamides is 1. The van der Waals surface area contributed by atoms with Crippen LogP contribution < -0.4 is 5.32 Å². The molecule has 134 valence electrons. The molecule has 0 spiro atoms. The predicted octanol–water partition coefficient (Wildman–Crippen LogP) is 0.0275. The van der Waals surface area contributed by atoms with Gasteiger partial charge in [0.15, 0.2) is 0 Å². The van der Waals surface area contributed by atoms with Gasteiger partial charge >= 0.3 is 0 Å². The molecule has 1 N–H and O–H groups in total. The largest absolute Gasteiger partial charge is 0.379 e. The maximum absolute atomic E-state index is 12.7. The molecule has 8 heteroatoms. The third kappa shape index (κ3) is 5.14. The average molecular weight is 347 g/mol. The lowest BCUT2D eigenvalue weighted by atomic mass is 10.1. The molecule has 2 rings (SSSR count). The van der Waals surface area contributed by atoms with Crippen LogP contribution in [-0.4, -0.2) is 80.8 Å². The first-order valence-corrected chi connectivity index (χ1v) is 10.0. The maximum atomic E-state index is 12.7. The highest BCUT2D eigenvalue weighted by Crippen LogP contribution is 2.21. The third-order valence-electron chi connectivity index (χ3n) is 4.60. The first-order chi connectivity index (χ1) is 10.9. The summed E-state index contributed by atoms with van der Waals surface area (Å²) < 4.78 is 32.3. The number of rotatable bonds is 6. The number of ether oxygens (including phenoxy) is 1. The molecule has 2 fully saturated rings. The lowest BCUT2D eigenvalue weighted by Gasteiger charge is -2.36. The lowest BCUT2D eigenvalue weighted by Crippen LogP contribution is -2.52. The Morgan fingerprint density at radius 2 is 2.00 bits per heavy atom. The van der Waals surface area contributed by atoms with Gasteiger partial charge in [0.1, 0.15) is 0 Å². The summed E-state index contributed by atoms with van der Waals surface area (Å²) in [5, 5.41) is 2.53. The summed E-state index contributed by atoms with van der Waals surface area (Å²) in [6.07, 6.45) is 2.37. The highest BCUT2D eigenvalue weighted by Gasteiger charge is 2.36. The molecule has 1 amide bonds. The Balaban J connectivity index is 1.90. The zero-order valence-corrected chi connectivity index (χ0v) is 15.0. The standard InChI is InChI=1S/C15H29N3O4S/c1-3-13(2)16-15(19)12-17-6-4-5-14(11-17)23(20,21)18-7-9-22-10-8-18/h13-14H,3-12H2,1-2H3,(H,16,19)/t13-,14+/m0/s1. The number of carbonyl (C=O) groups is 1. The van der Waals surface area contributed by atoms with Crippen molar-refractivity contribution in [3.05, 3.63) is 0 Å². The predicted molar refractivity (Wildman–Crippen MR) is 88.7 cm³/mol. The van der Waals surface area contributed by atoms with E-state index in [-0.39, 0.29) is 18.5 Å². The summed E-state index contributed by atoms with van der Waals surface area (Å²) in [6.45, 7) is 7.30. The van der Waals surface area contributed by atoms with Gasteiger partial charge in [0.2, 0.25) is 15.9 Å². The molecule has 2 aliphatic heterocycles. The van der Waals surface area contributed by atoms with E-state index in [1.54, 1.807) is 4.31 Å². The van der Waals surface area contributed by atoms with Crippen molar-refractivity contribution in [2.45, 2.75) is 44.4 Å². The van der Waals surface area contributed by atoms with Gasteiger partial charge < -0.3 is 10.1 Å². The minimum Gasteiger partial charge on any atom is -0.379 e. The monoisotopic (exact) mass is 347 g/mol. The van der Waals surface area contributed by atoms with Gasteiger partial charge in [-0.25, -0.2) is 8.42 Å². The Kier molecular flexibility index (Phi) is 6.82. The molecule has 2 saturated heterocycles. The van der Waals surface area contributed by atoms with E-state index in [0.29, 0.717) is 39.3 Å². The van der Waals surface area contributed by atoms with E-state index >= 15 is 0 Å². The Bertz CT molecular complexity index is 491. The quantitative estimate of drug-likeness (QED) is 0.733. The van der Waals surface area contributed by atoms with Crippen molar-refractivity contribution in [3.8, 4) is 0 Å². The summed E-state index contributed by atoms with van der Waals surface area (Å²) in [5.74, 6) is -0.0243. The van der Waals surface area contributed by atoms with Gasteiger partial charge in [0, 0.05) is 25.7 Å². The molecule has 2 aliphatic rings. The summed E-state index contributed by atoms with van der Waals surface area (Å²) in [4.78, 5) is 14.0. The van der Waals surface area contributed by atoms with E-state index in [1.807, 2.05) is 18.7 Å². The summed E-state index contributed by atoms with van der Waals surface area (Å²) in [6, 6.07) is 0.153. The van der Waals surface area contributed by atoms with Gasteiger partial charge in [0.25, 0.3) is 0 Å². The first-order valence-electron chi connectivity index (χ1n) is 8.52. The van der Waals surface area contributed by atoms with Crippen LogP contribution in [0.5, 0.6) is 0 Å².